The van der Waals surface area contributed by atoms with E-state index in [1.54, 1.807) is 0 Å². The van der Waals surface area contributed by atoms with Crippen LogP contribution in [-0.2, 0) is 0 Å². The van der Waals surface area contributed by atoms with Crippen LogP contribution in [0.5, 0.6) is 0 Å². The van der Waals surface area contributed by atoms with Crippen LogP contribution in [0.4, 0.5) is 0 Å². The predicted molar refractivity (Wildman–Crippen MR) is 106 cm³/mol. The lowest BCUT2D eigenvalue weighted by Gasteiger charge is -2.40. The van der Waals surface area contributed by atoms with Gasteiger partial charge in [-0.25, -0.2) is 0 Å². The van der Waals surface area contributed by atoms with Gasteiger partial charge in [-0.2, -0.15) is 0 Å². The van der Waals surface area contributed by atoms with Crippen LogP contribution in [-0.4, -0.2) is 15.6 Å². The summed E-state index contributed by atoms with van der Waals surface area (Å²) in [5, 5.41) is 3.18. The van der Waals surface area contributed by atoms with Gasteiger partial charge in [-0.05, 0) is 72.0 Å². The van der Waals surface area contributed by atoms with E-state index in [-0.39, 0.29) is 0 Å². The van der Waals surface area contributed by atoms with Crippen LogP contribution >= 0.6 is 23.5 Å². The molecule has 0 amide bonds. The monoisotopic (exact) mass is 352 g/mol. The van der Waals surface area contributed by atoms with Crippen molar-refractivity contribution in [3.63, 3.8) is 0 Å². The minimum Gasteiger partial charge on any atom is -0.147 e. The summed E-state index contributed by atoms with van der Waals surface area (Å²) in [5.41, 5.74) is 2.35. The molecule has 0 aromatic heterocycles. The number of fused-ring (bicyclic) bond motifs is 4. The molecule has 4 fully saturated rings. The molecule has 0 N–H and O–H groups in total. The summed E-state index contributed by atoms with van der Waals surface area (Å²) in [7, 11) is 0. The topological polar surface area (TPSA) is 0 Å². The largest absolute Gasteiger partial charge is 0.147 e. The zero-order valence-corrected chi connectivity index (χ0v) is 17.7. The molecule has 132 valence electrons. The summed E-state index contributed by atoms with van der Waals surface area (Å²) in [5.74, 6) is 1.99. The van der Waals surface area contributed by atoms with Gasteiger partial charge in [0, 0.05) is 15.6 Å². The fourth-order valence-corrected chi connectivity index (χ4v) is 10.9. The van der Waals surface area contributed by atoms with Crippen LogP contribution in [0.25, 0.3) is 0 Å². The van der Waals surface area contributed by atoms with Crippen molar-refractivity contribution in [3.05, 3.63) is 0 Å². The maximum absolute atomic E-state index is 2.60. The van der Waals surface area contributed by atoms with E-state index >= 15 is 0 Å². The molecule has 4 bridgehead atoms. The Labute approximate surface area is 152 Å². The first-order chi connectivity index (χ1) is 10.6. The molecule has 0 nitrogen and oxygen atoms in total. The van der Waals surface area contributed by atoms with Crippen molar-refractivity contribution in [3.8, 4) is 0 Å². The third-order valence-corrected chi connectivity index (χ3v) is 13.3. The smallest absolute Gasteiger partial charge is 0.0398 e. The molecule has 0 radical (unpaired) electrons. The zero-order valence-electron chi connectivity index (χ0n) is 16.1. The van der Waals surface area contributed by atoms with Crippen molar-refractivity contribution in [2.24, 2.45) is 33.5 Å². The lowest BCUT2D eigenvalue weighted by atomic mass is 9.71. The molecule has 0 saturated heterocycles. The highest BCUT2D eigenvalue weighted by atomic mass is 32.2. The summed E-state index contributed by atoms with van der Waals surface area (Å²) >= 11 is 4.65. The molecule has 0 unspecified atom stereocenters. The molecule has 0 heterocycles. The van der Waals surface area contributed by atoms with Gasteiger partial charge >= 0.3 is 0 Å². The number of hydrogen-bond donors (Lipinski definition) is 0. The van der Waals surface area contributed by atoms with Crippen LogP contribution in [0, 0.1) is 33.5 Å². The van der Waals surface area contributed by atoms with Crippen LogP contribution < -0.4 is 0 Å². The summed E-state index contributed by atoms with van der Waals surface area (Å²) in [6, 6.07) is 0. The second kappa shape index (κ2) is 5.12. The average Bonchev–Trinajstić information content (AvgIpc) is 2.98. The minimum atomic E-state index is 0.579. The zero-order chi connectivity index (χ0) is 16.7. The van der Waals surface area contributed by atoms with Crippen molar-refractivity contribution in [1.29, 1.82) is 0 Å². The molecule has 0 aromatic rings. The third-order valence-electron chi connectivity index (χ3n) is 9.97. The van der Waals surface area contributed by atoms with E-state index in [2.05, 4.69) is 65.1 Å². The van der Waals surface area contributed by atoms with Crippen molar-refractivity contribution < 1.29 is 0 Å². The van der Waals surface area contributed by atoms with Gasteiger partial charge < -0.3 is 0 Å². The fourth-order valence-electron chi connectivity index (χ4n) is 6.97. The van der Waals surface area contributed by atoms with Gasteiger partial charge in [0.25, 0.3) is 0 Å². The number of hydrogen-bond acceptors (Lipinski definition) is 2. The average molecular weight is 353 g/mol. The first-order valence-electron chi connectivity index (χ1n) is 9.86. The molecular formula is C21H36S2. The maximum atomic E-state index is 2.60. The standard InChI is InChI=1S/C21H36S2/c1-18(2)14-7-9-20(18,5)16(11-14)22-13-23-17-12-15-8-10-21(17,6)19(15,3)4/h14-17H,7-13H2,1-6H3/t14-,15-,16-,17-,20+,21+/m0/s1. The normalized spacial score (nSPS) is 52.4. The highest BCUT2D eigenvalue weighted by molar-refractivity contribution is 8.16. The highest BCUT2D eigenvalue weighted by Crippen LogP contribution is 2.70. The van der Waals surface area contributed by atoms with Crippen molar-refractivity contribution in [1.82, 2.24) is 0 Å². The first-order valence-corrected chi connectivity index (χ1v) is 12.0. The van der Waals surface area contributed by atoms with E-state index in [9.17, 15) is 0 Å². The van der Waals surface area contributed by atoms with Crippen molar-refractivity contribution in [2.75, 3.05) is 5.08 Å². The maximum Gasteiger partial charge on any atom is 0.0398 e. The summed E-state index contributed by atoms with van der Waals surface area (Å²) in [6.45, 7) is 15.4. The van der Waals surface area contributed by atoms with E-state index in [1.807, 2.05) is 0 Å². The quantitative estimate of drug-likeness (QED) is 0.508. The predicted octanol–water partition coefficient (Wildman–Crippen LogP) is 6.84. The van der Waals surface area contributed by atoms with E-state index in [1.165, 1.54) is 43.6 Å². The van der Waals surface area contributed by atoms with Gasteiger partial charge in [0.05, 0.1) is 0 Å². The molecular weight excluding hydrogens is 316 g/mol. The highest BCUT2D eigenvalue weighted by Gasteiger charge is 2.62. The Balaban J connectivity index is 1.36. The van der Waals surface area contributed by atoms with Gasteiger partial charge in [-0.1, -0.05) is 41.5 Å². The second-order valence-electron chi connectivity index (χ2n) is 10.6. The summed E-state index contributed by atoms with van der Waals surface area (Å²) in [6.07, 6.45) is 8.91. The Hall–Kier alpha value is 0.700. The lowest BCUT2D eigenvalue weighted by Crippen LogP contribution is -2.35. The van der Waals surface area contributed by atoms with Gasteiger partial charge in [0.2, 0.25) is 0 Å². The third kappa shape index (κ3) is 2.06. The molecule has 23 heavy (non-hydrogen) atoms. The molecule has 4 aliphatic rings. The van der Waals surface area contributed by atoms with Crippen molar-refractivity contribution in [2.45, 2.75) is 90.6 Å². The SMILES string of the molecule is CC1(C)[C@H]2CC[C@]1(C)[C@@H](SCS[C@H]1C[C@@H]3CC[C@@]1(C)C3(C)C)C2. The molecule has 0 aromatic carbocycles. The molecule has 4 aliphatic carbocycles. The first kappa shape index (κ1) is 17.1. The number of thioether (sulfide) groups is 2. The van der Waals surface area contributed by atoms with Crippen LogP contribution in [0.15, 0.2) is 0 Å². The Morgan fingerprint density at radius 1 is 0.696 bits per heavy atom. The van der Waals surface area contributed by atoms with Crippen LogP contribution in [0.1, 0.15) is 80.1 Å². The van der Waals surface area contributed by atoms with Crippen LogP contribution in [0.2, 0.25) is 0 Å². The molecule has 0 aliphatic heterocycles. The van der Waals surface area contributed by atoms with Crippen molar-refractivity contribution >= 4 is 23.5 Å². The van der Waals surface area contributed by atoms with Gasteiger partial charge in [-0.15, -0.1) is 23.5 Å². The molecule has 6 atom stereocenters. The molecule has 2 heteroatoms. The fraction of sp³-hybridized carbons (Fsp3) is 1.00. The lowest BCUT2D eigenvalue weighted by molar-refractivity contribution is 0.156. The van der Waals surface area contributed by atoms with E-state index in [0.717, 1.165) is 22.3 Å². The van der Waals surface area contributed by atoms with E-state index in [0.29, 0.717) is 21.7 Å². The Kier molecular flexibility index (Phi) is 3.81. The van der Waals surface area contributed by atoms with Crippen LogP contribution in [0.3, 0.4) is 0 Å². The minimum absolute atomic E-state index is 0.579. The van der Waals surface area contributed by atoms with Gasteiger partial charge in [-0.3, -0.25) is 0 Å². The summed E-state index contributed by atoms with van der Waals surface area (Å²) in [4.78, 5) is 0. The Morgan fingerprint density at radius 3 is 1.35 bits per heavy atom. The van der Waals surface area contributed by atoms with E-state index in [4.69, 9.17) is 0 Å². The number of rotatable bonds is 4. The Bertz CT molecular complexity index is 452. The second-order valence-corrected chi connectivity index (χ2v) is 13.4. The molecule has 4 rings (SSSR count). The van der Waals surface area contributed by atoms with E-state index < -0.39 is 0 Å². The van der Waals surface area contributed by atoms with Gasteiger partial charge in [0.1, 0.15) is 0 Å². The van der Waals surface area contributed by atoms with Gasteiger partial charge in [0.15, 0.2) is 0 Å². The summed E-state index contributed by atoms with van der Waals surface area (Å²) < 4.78 is 0. The Morgan fingerprint density at radius 2 is 1.09 bits per heavy atom. The molecule has 0 spiro atoms. The molecule has 4 saturated carbocycles.